The number of benzene rings is 1. The van der Waals surface area contributed by atoms with Gasteiger partial charge in [0.25, 0.3) is 0 Å². The zero-order valence-electron chi connectivity index (χ0n) is 12.5. The van der Waals surface area contributed by atoms with Crippen LogP contribution in [0.3, 0.4) is 0 Å². The van der Waals surface area contributed by atoms with E-state index in [-0.39, 0.29) is 5.43 Å². The van der Waals surface area contributed by atoms with Crippen molar-refractivity contribution in [2.45, 2.75) is 6.92 Å². The number of hydrogen-bond donors (Lipinski definition) is 0. The Morgan fingerprint density at radius 3 is 2.48 bits per heavy atom. The maximum Gasteiger partial charge on any atom is 0.235 e. The lowest BCUT2D eigenvalue weighted by molar-refractivity contribution is 0.415. The molecule has 1 aromatic heterocycles. The molecule has 3 aromatic rings. The minimum Gasteiger partial charge on any atom is -0.497 e. The zero-order chi connectivity index (χ0) is 16.4. The fraction of sp³-hybridized carbons (Fsp3) is 0.118. The summed E-state index contributed by atoms with van der Waals surface area (Å²) in [6, 6.07) is 10.6. The third kappa shape index (κ3) is 3.17. The second-order valence-electron chi connectivity index (χ2n) is 4.95. The summed E-state index contributed by atoms with van der Waals surface area (Å²) < 4.78 is 10.8. The second kappa shape index (κ2) is 6.34. The van der Waals surface area contributed by atoms with Gasteiger partial charge in [0.05, 0.1) is 29.2 Å². The van der Waals surface area contributed by atoms with E-state index in [9.17, 15) is 4.79 Å². The molecule has 116 valence electrons. The van der Waals surface area contributed by atoms with E-state index in [1.54, 1.807) is 37.6 Å². The molecule has 3 rings (SSSR count). The van der Waals surface area contributed by atoms with Gasteiger partial charge >= 0.3 is 0 Å². The van der Waals surface area contributed by atoms with Crippen LogP contribution in [-0.2, 0) is 0 Å². The smallest absolute Gasteiger partial charge is 0.235 e. The summed E-state index contributed by atoms with van der Waals surface area (Å²) in [5, 5.41) is 9.13. The van der Waals surface area contributed by atoms with E-state index in [4.69, 9.17) is 9.15 Å². The first-order valence-electron chi connectivity index (χ1n) is 6.86. The number of ether oxygens (including phenoxy) is 1. The maximum atomic E-state index is 12.2. The normalized spacial score (nSPS) is 11.3. The van der Waals surface area contributed by atoms with Crippen molar-refractivity contribution in [1.29, 1.82) is 0 Å². The van der Waals surface area contributed by atoms with E-state index >= 15 is 0 Å². The van der Waals surface area contributed by atoms with Crippen LogP contribution >= 0.6 is 15.9 Å². The van der Waals surface area contributed by atoms with Gasteiger partial charge < -0.3 is 9.15 Å². The molecule has 0 N–H and O–H groups in total. The zero-order valence-corrected chi connectivity index (χ0v) is 14.1. The average Bonchev–Trinajstić information content (AvgIpc) is 2.87. The maximum absolute atomic E-state index is 12.2. The summed E-state index contributed by atoms with van der Waals surface area (Å²) >= 11 is 3.26. The van der Waals surface area contributed by atoms with Crippen LogP contribution in [0.2, 0.25) is 0 Å². The Labute approximate surface area is 140 Å². The number of azo groups is 1. The Morgan fingerprint density at radius 2 is 1.78 bits per heavy atom. The lowest BCUT2D eigenvalue weighted by Gasteiger charge is -1.98. The molecule has 2 aromatic carbocycles. The largest absolute Gasteiger partial charge is 0.497 e. The molecule has 0 bridgehead atoms. The number of rotatable bonds is 3. The lowest BCUT2D eigenvalue weighted by Crippen LogP contribution is -1.96. The molecule has 0 aliphatic carbocycles. The van der Waals surface area contributed by atoms with Crippen molar-refractivity contribution < 1.29 is 9.15 Å². The van der Waals surface area contributed by atoms with E-state index in [0.29, 0.717) is 21.4 Å². The van der Waals surface area contributed by atoms with Gasteiger partial charge in [-0.3, -0.25) is 4.79 Å². The summed E-state index contributed by atoms with van der Waals surface area (Å²) in [6.45, 7) is 1.88. The van der Waals surface area contributed by atoms with Gasteiger partial charge in [-0.25, -0.2) is 0 Å². The molecule has 0 fully saturated rings. The molecule has 0 atom stereocenters. The lowest BCUT2D eigenvalue weighted by atomic mass is 10.2. The average molecular weight is 373 g/mol. The predicted octanol–water partition coefficient (Wildman–Crippen LogP) is 5.29. The number of methoxy groups -OCH3 is 1. The third-order valence-corrected chi connectivity index (χ3v) is 3.96. The predicted molar refractivity (Wildman–Crippen MR) is 92.1 cm³/mol. The van der Waals surface area contributed by atoms with E-state index < -0.39 is 0 Å². The van der Waals surface area contributed by atoms with Crippen LogP contribution in [0.5, 0.6) is 5.75 Å². The van der Waals surface area contributed by atoms with Gasteiger partial charge in [0.15, 0.2) is 5.58 Å². The van der Waals surface area contributed by atoms with Gasteiger partial charge in [-0.2, -0.15) is 10.2 Å². The van der Waals surface area contributed by atoms with E-state index in [2.05, 4.69) is 26.2 Å². The minimum atomic E-state index is -0.209. The highest BCUT2D eigenvalue weighted by Crippen LogP contribution is 2.26. The highest BCUT2D eigenvalue weighted by atomic mass is 79.9. The van der Waals surface area contributed by atoms with Crippen LogP contribution in [0.1, 0.15) is 5.56 Å². The van der Waals surface area contributed by atoms with Crippen molar-refractivity contribution in [1.82, 2.24) is 0 Å². The summed E-state index contributed by atoms with van der Waals surface area (Å²) in [6.07, 6.45) is 1.56. The molecule has 0 saturated carbocycles. The van der Waals surface area contributed by atoms with Crippen molar-refractivity contribution in [2.24, 2.45) is 10.2 Å². The standard InChI is InChI=1S/C17H13BrN2O3/c1-10-9-23-17-14(10)7-12(8-15(18)16(17)21)20-19-11-3-5-13(22-2)6-4-11/h3-9H,1-2H3. The van der Waals surface area contributed by atoms with Crippen LogP contribution < -0.4 is 10.2 Å². The first-order chi connectivity index (χ1) is 11.1. The SMILES string of the molecule is COc1ccc(N=Nc2cc(Br)c(=O)c3occ(C)c3c2)cc1. The number of halogens is 1. The van der Waals surface area contributed by atoms with Crippen LogP contribution in [0.25, 0.3) is 11.0 Å². The fourth-order valence-electron chi connectivity index (χ4n) is 2.12. The van der Waals surface area contributed by atoms with Crippen LogP contribution in [0, 0.1) is 6.92 Å². The van der Waals surface area contributed by atoms with Crippen LogP contribution in [0.15, 0.2) is 66.6 Å². The van der Waals surface area contributed by atoms with Gasteiger partial charge in [-0.15, -0.1) is 0 Å². The van der Waals surface area contributed by atoms with Crippen molar-refractivity contribution >= 4 is 38.3 Å². The fourth-order valence-corrected chi connectivity index (χ4v) is 2.54. The molecule has 6 heteroatoms. The Kier molecular flexibility index (Phi) is 4.25. The molecule has 1 heterocycles. The second-order valence-corrected chi connectivity index (χ2v) is 5.80. The summed E-state index contributed by atoms with van der Waals surface area (Å²) in [4.78, 5) is 12.2. The monoisotopic (exact) mass is 372 g/mol. The molecular formula is C17H13BrN2O3. The van der Waals surface area contributed by atoms with Gasteiger partial charge in [0.1, 0.15) is 5.75 Å². The molecule has 0 spiro atoms. The van der Waals surface area contributed by atoms with Crippen molar-refractivity contribution in [3.63, 3.8) is 0 Å². The minimum absolute atomic E-state index is 0.209. The quantitative estimate of drug-likeness (QED) is 0.586. The Balaban J connectivity index is 2.05. The van der Waals surface area contributed by atoms with Gasteiger partial charge in [0, 0.05) is 5.39 Å². The molecule has 0 aliphatic rings. The first kappa shape index (κ1) is 15.4. The third-order valence-electron chi connectivity index (χ3n) is 3.37. The van der Waals surface area contributed by atoms with Gasteiger partial charge in [-0.1, -0.05) is 0 Å². The topological polar surface area (TPSA) is 64.2 Å². The Hall–Kier alpha value is -2.47. The van der Waals surface area contributed by atoms with Crippen molar-refractivity contribution in [3.05, 3.63) is 62.9 Å². The van der Waals surface area contributed by atoms with E-state index in [1.165, 1.54) is 0 Å². The summed E-state index contributed by atoms with van der Waals surface area (Å²) in [5.74, 6) is 0.754. The summed E-state index contributed by atoms with van der Waals surface area (Å²) in [5.41, 5.74) is 2.22. The molecular weight excluding hydrogens is 360 g/mol. The highest BCUT2D eigenvalue weighted by molar-refractivity contribution is 9.10. The molecule has 0 radical (unpaired) electrons. The summed E-state index contributed by atoms with van der Waals surface area (Å²) in [7, 11) is 1.61. The highest BCUT2D eigenvalue weighted by Gasteiger charge is 2.09. The molecule has 23 heavy (non-hydrogen) atoms. The van der Waals surface area contributed by atoms with Crippen molar-refractivity contribution in [3.8, 4) is 5.75 Å². The van der Waals surface area contributed by atoms with Gasteiger partial charge in [-0.05, 0) is 64.8 Å². The molecule has 0 aliphatic heterocycles. The number of nitrogens with zero attached hydrogens (tertiary/aromatic N) is 2. The van der Waals surface area contributed by atoms with Crippen LogP contribution in [0.4, 0.5) is 11.4 Å². The Bertz CT molecular complexity index is 946. The number of aryl methyl sites for hydroxylation is 1. The first-order valence-corrected chi connectivity index (χ1v) is 7.65. The Morgan fingerprint density at radius 1 is 1.09 bits per heavy atom. The van der Waals surface area contributed by atoms with E-state index in [0.717, 1.165) is 16.7 Å². The van der Waals surface area contributed by atoms with Crippen LogP contribution in [-0.4, -0.2) is 7.11 Å². The van der Waals surface area contributed by atoms with E-state index in [1.807, 2.05) is 19.1 Å². The van der Waals surface area contributed by atoms with Gasteiger partial charge in [0.2, 0.25) is 5.43 Å². The molecule has 0 unspecified atom stereocenters. The molecule has 5 nitrogen and oxygen atoms in total. The number of hydrogen-bond acceptors (Lipinski definition) is 5. The van der Waals surface area contributed by atoms with Crippen molar-refractivity contribution in [2.75, 3.05) is 7.11 Å². The number of fused-ring (bicyclic) bond motifs is 1. The number of furan rings is 1. The molecule has 0 saturated heterocycles. The molecule has 0 amide bonds.